The lowest BCUT2D eigenvalue weighted by atomic mass is 10.2. The van der Waals surface area contributed by atoms with Gasteiger partial charge in [-0.05, 0) is 23.8 Å². The normalized spacial score (nSPS) is 10.0. The van der Waals surface area contributed by atoms with Gasteiger partial charge in [-0.2, -0.15) is 0 Å². The zero-order valence-corrected chi connectivity index (χ0v) is 8.72. The third-order valence-corrected chi connectivity index (χ3v) is 2.16. The predicted octanol–water partition coefficient (Wildman–Crippen LogP) is 1.98. The van der Waals surface area contributed by atoms with E-state index < -0.39 is 0 Å². The van der Waals surface area contributed by atoms with Crippen molar-refractivity contribution in [3.05, 3.63) is 48.3 Å². The molecule has 0 saturated carbocycles. The SMILES string of the molecule is Nc1cncc(CNc2cccc(O)c2)c1. The van der Waals surface area contributed by atoms with Gasteiger partial charge in [-0.25, -0.2) is 0 Å². The van der Waals surface area contributed by atoms with Gasteiger partial charge in [-0.3, -0.25) is 4.98 Å². The number of benzene rings is 1. The number of phenolic OH excluding ortho intramolecular Hbond substituents is 1. The maximum absolute atomic E-state index is 9.28. The second-order valence-electron chi connectivity index (χ2n) is 3.53. The van der Waals surface area contributed by atoms with Crippen molar-refractivity contribution in [1.29, 1.82) is 0 Å². The average molecular weight is 215 g/mol. The lowest BCUT2D eigenvalue weighted by molar-refractivity contribution is 0.475. The second kappa shape index (κ2) is 4.53. The van der Waals surface area contributed by atoms with Crippen molar-refractivity contribution in [2.24, 2.45) is 0 Å². The highest BCUT2D eigenvalue weighted by Crippen LogP contribution is 2.16. The Morgan fingerprint density at radius 1 is 1.25 bits per heavy atom. The number of aromatic hydroxyl groups is 1. The number of nitrogen functional groups attached to an aromatic ring is 1. The Bertz CT molecular complexity index is 440. The van der Waals surface area contributed by atoms with Crippen molar-refractivity contribution in [2.45, 2.75) is 6.54 Å². The van der Waals surface area contributed by atoms with E-state index in [0.29, 0.717) is 12.2 Å². The van der Waals surface area contributed by atoms with Crippen LogP contribution in [0.1, 0.15) is 5.56 Å². The Morgan fingerprint density at radius 3 is 2.88 bits per heavy atom. The van der Waals surface area contributed by atoms with E-state index in [1.54, 1.807) is 30.6 Å². The van der Waals surface area contributed by atoms with E-state index in [2.05, 4.69) is 10.3 Å². The minimum absolute atomic E-state index is 0.246. The van der Waals surface area contributed by atoms with Crippen LogP contribution in [-0.2, 0) is 6.54 Å². The zero-order chi connectivity index (χ0) is 11.4. The van der Waals surface area contributed by atoms with Gasteiger partial charge in [0, 0.05) is 30.7 Å². The lowest BCUT2D eigenvalue weighted by Gasteiger charge is -2.06. The van der Waals surface area contributed by atoms with Crippen LogP contribution in [0.4, 0.5) is 11.4 Å². The smallest absolute Gasteiger partial charge is 0.117 e. The first-order valence-electron chi connectivity index (χ1n) is 4.96. The number of anilines is 2. The van der Waals surface area contributed by atoms with Crippen molar-refractivity contribution < 1.29 is 5.11 Å². The quantitative estimate of drug-likeness (QED) is 0.732. The summed E-state index contributed by atoms with van der Waals surface area (Å²) in [6, 6.07) is 8.84. The molecule has 0 atom stereocenters. The topological polar surface area (TPSA) is 71.2 Å². The molecule has 4 nitrogen and oxygen atoms in total. The monoisotopic (exact) mass is 215 g/mol. The van der Waals surface area contributed by atoms with Crippen LogP contribution in [0.15, 0.2) is 42.7 Å². The summed E-state index contributed by atoms with van der Waals surface area (Å²) in [7, 11) is 0. The Hall–Kier alpha value is -2.23. The van der Waals surface area contributed by atoms with Crippen LogP contribution in [0.2, 0.25) is 0 Å². The highest BCUT2D eigenvalue weighted by Gasteiger charge is 1.96. The molecule has 0 spiro atoms. The van der Waals surface area contributed by atoms with Crippen molar-refractivity contribution >= 4 is 11.4 Å². The maximum Gasteiger partial charge on any atom is 0.117 e. The summed E-state index contributed by atoms with van der Waals surface area (Å²) in [6.45, 7) is 0.626. The van der Waals surface area contributed by atoms with Crippen molar-refractivity contribution in [2.75, 3.05) is 11.1 Å². The molecule has 0 amide bonds. The summed E-state index contributed by atoms with van der Waals surface area (Å²) >= 11 is 0. The Balaban J connectivity index is 2.02. The molecule has 0 unspecified atom stereocenters. The fourth-order valence-corrected chi connectivity index (χ4v) is 1.42. The molecule has 1 aromatic heterocycles. The number of nitrogens with two attached hydrogens (primary N) is 1. The predicted molar refractivity (Wildman–Crippen MR) is 64.1 cm³/mol. The number of hydrogen-bond donors (Lipinski definition) is 3. The van der Waals surface area contributed by atoms with E-state index in [9.17, 15) is 5.11 Å². The van der Waals surface area contributed by atoms with Crippen LogP contribution in [-0.4, -0.2) is 10.1 Å². The third-order valence-electron chi connectivity index (χ3n) is 2.16. The molecule has 0 aliphatic carbocycles. The highest BCUT2D eigenvalue weighted by atomic mass is 16.3. The summed E-state index contributed by atoms with van der Waals surface area (Å²) in [5.41, 5.74) is 8.14. The van der Waals surface area contributed by atoms with Crippen LogP contribution in [0.25, 0.3) is 0 Å². The van der Waals surface area contributed by atoms with Crippen LogP contribution in [0.5, 0.6) is 5.75 Å². The minimum Gasteiger partial charge on any atom is -0.508 e. The number of aromatic nitrogens is 1. The molecular formula is C12H13N3O. The number of rotatable bonds is 3. The number of phenols is 1. The molecule has 4 N–H and O–H groups in total. The molecule has 16 heavy (non-hydrogen) atoms. The van der Waals surface area contributed by atoms with Gasteiger partial charge in [0.2, 0.25) is 0 Å². The molecule has 2 aromatic rings. The summed E-state index contributed by atoms with van der Waals surface area (Å²) in [5, 5.41) is 12.5. The molecule has 0 aliphatic rings. The van der Waals surface area contributed by atoms with Crippen LogP contribution in [0.3, 0.4) is 0 Å². The van der Waals surface area contributed by atoms with Gasteiger partial charge in [0.1, 0.15) is 5.75 Å². The van der Waals surface area contributed by atoms with Crippen LogP contribution in [0, 0.1) is 0 Å². The van der Waals surface area contributed by atoms with E-state index in [1.165, 1.54) is 0 Å². The maximum atomic E-state index is 9.28. The fraction of sp³-hybridized carbons (Fsp3) is 0.0833. The molecule has 0 aliphatic heterocycles. The number of pyridine rings is 1. The summed E-state index contributed by atoms with van der Waals surface area (Å²) in [5.74, 6) is 0.246. The molecule has 1 aromatic carbocycles. The van der Waals surface area contributed by atoms with E-state index in [4.69, 9.17) is 5.73 Å². The molecule has 0 fully saturated rings. The number of hydrogen-bond acceptors (Lipinski definition) is 4. The second-order valence-corrected chi connectivity index (χ2v) is 3.53. The van der Waals surface area contributed by atoms with Gasteiger partial charge in [-0.1, -0.05) is 6.07 Å². The van der Waals surface area contributed by atoms with Gasteiger partial charge in [-0.15, -0.1) is 0 Å². The molecule has 1 heterocycles. The van der Waals surface area contributed by atoms with Gasteiger partial charge >= 0.3 is 0 Å². The summed E-state index contributed by atoms with van der Waals surface area (Å²) < 4.78 is 0. The molecule has 2 rings (SSSR count). The minimum atomic E-state index is 0.246. The Kier molecular flexibility index (Phi) is 2.91. The van der Waals surface area contributed by atoms with E-state index in [0.717, 1.165) is 11.3 Å². The average Bonchev–Trinajstić information content (AvgIpc) is 2.27. The van der Waals surface area contributed by atoms with Gasteiger partial charge in [0.15, 0.2) is 0 Å². The summed E-state index contributed by atoms with van der Waals surface area (Å²) in [4.78, 5) is 4.00. The largest absolute Gasteiger partial charge is 0.508 e. The molecular weight excluding hydrogens is 202 g/mol. The third kappa shape index (κ3) is 2.63. The Morgan fingerprint density at radius 2 is 2.12 bits per heavy atom. The van der Waals surface area contributed by atoms with E-state index in [1.807, 2.05) is 12.1 Å². The standard InChI is InChI=1S/C12H13N3O/c13-10-4-9(6-14-8-10)7-15-11-2-1-3-12(16)5-11/h1-6,8,15-16H,7,13H2. The van der Waals surface area contributed by atoms with Gasteiger partial charge in [0.25, 0.3) is 0 Å². The Labute approximate surface area is 93.8 Å². The number of nitrogens with one attached hydrogen (secondary N) is 1. The fourth-order valence-electron chi connectivity index (χ4n) is 1.42. The van der Waals surface area contributed by atoms with Crippen LogP contribution >= 0.6 is 0 Å². The van der Waals surface area contributed by atoms with Crippen molar-refractivity contribution in [3.8, 4) is 5.75 Å². The highest BCUT2D eigenvalue weighted by molar-refractivity contribution is 5.48. The summed E-state index contributed by atoms with van der Waals surface area (Å²) in [6.07, 6.45) is 3.37. The van der Waals surface area contributed by atoms with Gasteiger partial charge in [0.05, 0.1) is 5.69 Å². The van der Waals surface area contributed by atoms with E-state index in [-0.39, 0.29) is 5.75 Å². The van der Waals surface area contributed by atoms with E-state index >= 15 is 0 Å². The van der Waals surface area contributed by atoms with Crippen LogP contribution < -0.4 is 11.1 Å². The first-order valence-corrected chi connectivity index (χ1v) is 4.96. The molecule has 82 valence electrons. The molecule has 0 saturated heterocycles. The lowest BCUT2D eigenvalue weighted by Crippen LogP contribution is -2.00. The van der Waals surface area contributed by atoms with Crippen molar-refractivity contribution in [1.82, 2.24) is 4.98 Å². The molecule has 4 heteroatoms. The zero-order valence-electron chi connectivity index (χ0n) is 8.72. The van der Waals surface area contributed by atoms with Gasteiger partial charge < -0.3 is 16.2 Å². The number of nitrogens with zero attached hydrogens (tertiary/aromatic N) is 1. The first kappa shape index (κ1) is 10.3. The van der Waals surface area contributed by atoms with Crippen molar-refractivity contribution in [3.63, 3.8) is 0 Å². The molecule has 0 radical (unpaired) electrons. The first-order chi connectivity index (χ1) is 7.74. The molecule has 0 bridgehead atoms.